The first-order valence-electron chi connectivity index (χ1n) is 5.92. The van der Waals surface area contributed by atoms with E-state index in [0.29, 0.717) is 11.6 Å². The molecule has 1 aromatic rings. The normalized spacial score (nSPS) is 14.7. The number of carbonyl (C=O) groups is 1. The van der Waals surface area contributed by atoms with Gasteiger partial charge in [0.05, 0.1) is 0 Å². The molecule has 0 saturated heterocycles. The number of H-pyrrole nitrogens is 1. The smallest absolute Gasteiger partial charge is 0.271 e. The standard InChI is InChI=1S/C12H21N3O2/c1-7(2)10-5-11(15-14-10)12(17)13-9(4)8(3)6-16/h5,7-9,16H,6H2,1-4H3,(H,13,17)(H,14,15). The van der Waals surface area contributed by atoms with Gasteiger partial charge in [-0.1, -0.05) is 20.8 Å². The molecule has 0 spiro atoms. The van der Waals surface area contributed by atoms with Crippen molar-refractivity contribution in [2.45, 2.75) is 39.7 Å². The number of carbonyl (C=O) groups excluding carboxylic acids is 1. The van der Waals surface area contributed by atoms with Crippen molar-refractivity contribution in [2.24, 2.45) is 5.92 Å². The molecule has 2 unspecified atom stereocenters. The molecule has 5 nitrogen and oxygen atoms in total. The molecular weight excluding hydrogens is 218 g/mol. The Kier molecular flexibility index (Phi) is 4.69. The van der Waals surface area contributed by atoms with Crippen LogP contribution in [0.4, 0.5) is 0 Å². The summed E-state index contributed by atoms with van der Waals surface area (Å²) in [5.41, 5.74) is 1.34. The summed E-state index contributed by atoms with van der Waals surface area (Å²) in [5.74, 6) is 0.140. The largest absolute Gasteiger partial charge is 0.396 e. The van der Waals surface area contributed by atoms with Crippen molar-refractivity contribution in [3.05, 3.63) is 17.5 Å². The van der Waals surface area contributed by atoms with E-state index in [1.807, 2.05) is 27.7 Å². The third-order valence-corrected chi connectivity index (χ3v) is 2.95. The molecule has 17 heavy (non-hydrogen) atoms. The summed E-state index contributed by atoms with van der Waals surface area (Å²) in [7, 11) is 0. The van der Waals surface area contributed by atoms with Crippen LogP contribution in [-0.4, -0.2) is 33.9 Å². The number of aliphatic hydroxyl groups is 1. The lowest BCUT2D eigenvalue weighted by atomic mass is 10.1. The number of aromatic nitrogens is 2. The molecule has 0 fully saturated rings. The number of hydrogen-bond acceptors (Lipinski definition) is 3. The minimum Gasteiger partial charge on any atom is -0.396 e. The molecular formula is C12H21N3O2. The van der Waals surface area contributed by atoms with E-state index in [0.717, 1.165) is 5.69 Å². The zero-order valence-electron chi connectivity index (χ0n) is 10.8. The van der Waals surface area contributed by atoms with Crippen LogP contribution < -0.4 is 5.32 Å². The Morgan fingerprint density at radius 2 is 2.12 bits per heavy atom. The van der Waals surface area contributed by atoms with Crippen LogP contribution in [0.1, 0.15) is 49.8 Å². The first-order chi connectivity index (χ1) is 7.95. The third-order valence-electron chi connectivity index (χ3n) is 2.95. The van der Waals surface area contributed by atoms with E-state index in [4.69, 9.17) is 5.11 Å². The topological polar surface area (TPSA) is 78.0 Å². The molecule has 1 aromatic heterocycles. The van der Waals surface area contributed by atoms with E-state index in [1.54, 1.807) is 6.07 Å². The van der Waals surface area contributed by atoms with Crippen molar-refractivity contribution in [2.75, 3.05) is 6.61 Å². The zero-order chi connectivity index (χ0) is 13.0. The van der Waals surface area contributed by atoms with Gasteiger partial charge in [-0.2, -0.15) is 5.10 Å². The van der Waals surface area contributed by atoms with Crippen molar-refractivity contribution < 1.29 is 9.90 Å². The minimum atomic E-state index is -0.207. The maximum Gasteiger partial charge on any atom is 0.271 e. The lowest BCUT2D eigenvalue weighted by Crippen LogP contribution is -2.38. The first kappa shape index (κ1) is 13.7. The number of rotatable bonds is 5. The van der Waals surface area contributed by atoms with Crippen molar-refractivity contribution in [3.8, 4) is 0 Å². The molecule has 0 radical (unpaired) electrons. The fourth-order valence-corrected chi connectivity index (χ4v) is 1.33. The summed E-state index contributed by atoms with van der Waals surface area (Å²) in [4.78, 5) is 11.8. The highest BCUT2D eigenvalue weighted by atomic mass is 16.3. The molecule has 3 N–H and O–H groups in total. The van der Waals surface area contributed by atoms with Crippen LogP contribution in [0.25, 0.3) is 0 Å². The predicted octanol–water partition coefficient (Wildman–Crippen LogP) is 1.28. The quantitative estimate of drug-likeness (QED) is 0.724. The van der Waals surface area contributed by atoms with E-state index in [-0.39, 0.29) is 24.5 Å². The van der Waals surface area contributed by atoms with Crippen LogP contribution in [0.2, 0.25) is 0 Å². The van der Waals surface area contributed by atoms with Gasteiger partial charge in [0.25, 0.3) is 5.91 Å². The summed E-state index contributed by atoms with van der Waals surface area (Å²) in [6, 6.07) is 1.68. The van der Waals surface area contributed by atoms with E-state index < -0.39 is 0 Å². The second-order valence-electron chi connectivity index (χ2n) is 4.79. The molecule has 0 saturated carbocycles. The third kappa shape index (κ3) is 3.56. The van der Waals surface area contributed by atoms with Gasteiger partial charge in [0.15, 0.2) is 0 Å². The fourth-order valence-electron chi connectivity index (χ4n) is 1.33. The van der Waals surface area contributed by atoms with Gasteiger partial charge in [0.2, 0.25) is 0 Å². The predicted molar refractivity (Wildman–Crippen MR) is 65.9 cm³/mol. The summed E-state index contributed by atoms with van der Waals surface area (Å²) < 4.78 is 0. The van der Waals surface area contributed by atoms with E-state index in [2.05, 4.69) is 15.5 Å². The average Bonchev–Trinajstić information content (AvgIpc) is 2.77. The monoisotopic (exact) mass is 239 g/mol. The number of hydrogen-bond donors (Lipinski definition) is 3. The van der Waals surface area contributed by atoms with Crippen LogP contribution >= 0.6 is 0 Å². The van der Waals surface area contributed by atoms with Crippen molar-refractivity contribution in [3.63, 3.8) is 0 Å². The molecule has 0 aliphatic rings. The summed E-state index contributed by atoms with van der Waals surface area (Å²) in [6.45, 7) is 7.88. The molecule has 2 atom stereocenters. The molecule has 5 heteroatoms. The van der Waals surface area contributed by atoms with Crippen LogP contribution in [0.3, 0.4) is 0 Å². The van der Waals surface area contributed by atoms with Gasteiger partial charge >= 0.3 is 0 Å². The molecule has 0 aliphatic heterocycles. The Morgan fingerprint density at radius 1 is 1.47 bits per heavy atom. The lowest BCUT2D eigenvalue weighted by molar-refractivity contribution is 0.0911. The van der Waals surface area contributed by atoms with Crippen molar-refractivity contribution in [1.82, 2.24) is 15.5 Å². The number of amides is 1. The second-order valence-corrected chi connectivity index (χ2v) is 4.79. The van der Waals surface area contributed by atoms with Crippen molar-refractivity contribution >= 4 is 5.91 Å². The molecule has 0 aliphatic carbocycles. The Hall–Kier alpha value is -1.36. The highest BCUT2D eigenvalue weighted by Crippen LogP contribution is 2.12. The zero-order valence-corrected chi connectivity index (χ0v) is 10.8. The number of aromatic amines is 1. The average molecular weight is 239 g/mol. The highest BCUT2D eigenvalue weighted by Gasteiger charge is 2.17. The Morgan fingerprint density at radius 3 is 2.59 bits per heavy atom. The Balaban J connectivity index is 2.63. The Labute approximate surface area is 102 Å². The molecule has 0 aromatic carbocycles. The van der Waals surface area contributed by atoms with E-state index in [9.17, 15) is 4.79 Å². The number of aliphatic hydroxyl groups excluding tert-OH is 1. The van der Waals surface area contributed by atoms with E-state index >= 15 is 0 Å². The van der Waals surface area contributed by atoms with Gasteiger partial charge in [0.1, 0.15) is 5.69 Å². The summed E-state index contributed by atoms with van der Waals surface area (Å²) in [5, 5.41) is 18.6. The summed E-state index contributed by atoms with van der Waals surface area (Å²) >= 11 is 0. The van der Waals surface area contributed by atoms with Gasteiger partial charge in [0, 0.05) is 18.3 Å². The van der Waals surface area contributed by atoms with Crippen molar-refractivity contribution in [1.29, 1.82) is 0 Å². The molecule has 0 bridgehead atoms. The molecule has 96 valence electrons. The van der Waals surface area contributed by atoms with Gasteiger partial charge in [-0.15, -0.1) is 0 Å². The van der Waals surface area contributed by atoms with Crippen LogP contribution in [0.15, 0.2) is 6.07 Å². The minimum absolute atomic E-state index is 0.0301. The van der Waals surface area contributed by atoms with E-state index in [1.165, 1.54) is 0 Å². The fraction of sp³-hybridized carbons (Fsp3) is 0.667. The van der Waals surface area contributed by atoms with Gasteiger partial charge < -0.3 is 10.4 Å². The molecule has 1 rings (SSSR count). The maximum atomic E-state index is 11.8. The van der Waals surface area contributed by atoms with Crippen LogP contribution in [0, 0.1) is 5.92 Å². The Bertz CT molecular complexity index is 374. The number of nitrogens with one attached hydrogen (secondary N) is 2. The highest BCUT2D eigenvalue weighted by molar-refractivity contribution is 5.92. The van der Waals surface area contributed by atoms with Crippen LogP contribution in [0.5, 0.6) is 0 Å². The summed E-state index contributed by atoms with van der Waals surface area (Å²) in [6.07, 6.45) is 0. The SMILES string of the molecule is CC(C)c1cc(C(=O)NC(C)C(C)CO)n[nH]1. The second kappa shape index (κ2) is 5.82. The first-order valence-corrected chi connectivity index (χ1v) is 5.92. The van der Waals surface area contributed by atoms with Crippen LogP contribution in [-0.2, 0) is 0 Å². The maximum absolute atomic E-state index is 11.8. The van der Waals surface area contributed by atoms with Gasteiger partial charge in [-0.05, 0) is 24.8 Å². The molecule has 1 amide bonds. The van der Waals surface area contributed by atoms with Gasteiger partial charge in [-0.3, -0.25) is 9.89 Å². The molecule has 1 heterocycles. The lowest BCUT2D eigenvalue weighted by Gasteiger charge is -2.18. The number of nitrogens with zero attached hydrogens (tertiary/aromatic N) is 1. The van der Waals surface area contributed by atoms with Gasteiger partial charge in [-0.25, -0.2) is 0 Å².